The van der Waals surface area contributed by atoms with Crippen LogP contribution in [0.15, 0.2) is 4.52 Å². The van der Waals surface area contributed by atoms with Crippen LogP contribution in [-0.4, -0.2) is 58.2 Å². The number of rotatable bonds is 6. The minimum absolute atomic E-state index is 0.0931. The van der Waals surface area contributed by atoms with Crippen molar-refractivity contribution in [3.05, 3.63) is 11.7 Å². The molecule has 1 aromatic rings. The Morgan fingerprint density at radius 3 is 2.76 bits per heavy atom. The summed E-state index contributed by atoms with van der Waals surface area (Å²) in [7, 11) is 1.75. The first kappa shape index (κ1) is 19.7. The molecule has 1 atom stereocenters. The second kappa shape index (κ2) is 8.17. The van der Waals surface area contributed by atoms with Gasteiger partial charge in [0.2, 0.25) is 5.89 Å². The number of nitrogens with one attached hydrogen (secondary N) is 1. The quantitative estimate of drug-likeness (QED) is 0.852. The highest BCUT2D eigenvalue weighted by molar-refractivity contribution is 5.73. The number of carbonyl (C=O) groups is 1. The highest BCUT2D eigenvalue weighted by Gasteiger charge is 2.30. The summed E-state index contributed by atoms with van der Waals surface area (Å²) in [4.78, 5) is 20.7. The van der Waals surface area contributed by atoms with Crippen LogP contribution in [0.5, 0.6) is 0 Å². The van der Waals surface area contributed by atoms with Gasteiger partial charge in [0.25, 0.3) is 0 Å². The molecular formula is C18H33N5O2. The molecule has 25 heavy (non-hydrogen) atoms. The van der Waals surface area contributed by atoms with Crippen molar-refractivity contribution >= 4 is 6.03 Å². The summed E-state index contributed by atoms with van der Waals surface area (Å²) in [6.45, 7) is 14.1. The van der Waals surface area contributed by atoms with Gasteiger partial charge in [-0.25, -0.2) is 4.79 Å². The molecule has 0 saturated carbocycles. The third-order valence-corrected chi connectivity index (χ3v) is 4.59. The number of nitrogens with zero attached hydrogens (tertiary/aromatic N) is 4. The van der Waals surface area contributed by atoms with Gasteiger partial charge in [0.1, 0.15) is 0 Å². The fourth-order valence-corrected chi connectivity index (χ4v) is 3.05. The van der Waals surface area contributed by atoms with Gasteiger partial charge in [0.15, 0.2) is 5.82 Å². The zero-order valence-corrected chi connectivity index (χ0v) is 16.5. The van der Waals surface area contributed by atoms with Crippen LogP contribution < -0.4 is 5.32 Å². The average Bonchev–Trinajstić information content (AvgIpc) is 3.13. The Balaban J connectivity index is 1.74. The number of urea groups is 1. The Morgan fingerprint density at radius 1 is 1.44 bits per heavy atom. The molecule has 1 fully saturated rings. The molecule has 7 heteroatoms. The first-order chi connectivity index (χ1) is 11.6. The lowest BCUT2D eigenvalue weighted by Crippen LogP contribution is -2.42. The summed E-state index contributed by atoms with van der Waals surface area (Å²) in [5, 5.41) is 6.98. The molecule has 2 amide bonds. The summed E-state index contributed by atoms with van der Waals surface area (Å²) >= 11 is 0. The summed E-state index contributed by atoms with van der Waals surface area (Å²) in [6.07, 6.45) is 1.89. The van der Waals surface area contributed by atoms with Crippen molar-refractivity contribution in [1.82, 2.24) is 25.3 Å². The molecule has 0 unspecified atom stereocenters. The topological polar surface area (TPSA) is 74.5 Å². The first-order valence-corrected chi connectivity index (χ1v) is 9.20. The second-order valence-corrected chi connectivity index (χ2v) is 8.52. The van der Waals surface area contributed by atoms with Gasteiger partial charge in [-0.2, -0.15) is 4.98 Å². The lowest BCUT2D eigenvalue weighted by molar-refractivity contribution is 0.167. The van der Waals surface area contributed by atoms with E-state index < -0.39 is 0 Å². The van der Waals surface area contributed by atoms with E-state index >= 15 is 0 Å². The van der Waals surface area contributed by atoms with E-state index in [1.807, 2.05) is 0 Å². The minimum atomic E-state index is -0.0931. The lowest BCUT2D eigenvalue weighted by atomic mass is 10.1. The number of hydrogen-bond donors (Lipinski definition) is 1. The van der Waals surface area contributed by atoms with Crippen molar-refractivity contribution in [2.75, 3.05) is 26.7 Å². The maximum absolute atomic E-state index is 12.3. The van der Waals surface area contributed by atoms with Crippen molar-refractivity contribution in [3.63, 3.8) is 0 Å². The normalized spacial score (nSPS) is 18.8. The zero-order valence-electron chi connectivity index (χ0n) is 16.5. The van der Waals surface area contributed by atoms with Crippen LogP contribution in [0.3, 0.4) is 0 Å². The van der Waals surface area contributed by atoms with Crippen molar-refractivity contribution < 1.29 is 9.32 Å². The lowest BCUT2D eigenvalue weighted by Gasteiger charge is -2.31. The third kappa shape index (κ3) is 5.99. The van der Waals surface area contributed by atoms with E-state index in [1.165, 1.54) is 0 Å². The smallest absolute Gasteiger partial charge is 0.317 e. The molecule has 1 N–H and O–H groups in total. The monoisotopic (exact) mass is 351 g/mol. The van der Waals surface area contributed by atoms with Crippen LogP contribution >= 0.6 is 0 Å². The van der Waals surface area contributed by atoms with Gasteiger partial charge >= 0.3 is 6.03 Å². The van der Waals surface area contributed by atoms with Crippen LogP contribution in [0.4, 0.5) is 4.79 Å². The van der Waals surface area contributed by atoms with Gasteiger partial charge < -0.3 is 14.7 Å². The molecule has 0 aliphatic carbocycles. The van der Waals surface area contributed by atoms with Crippen molar-refractivity contribution in [3.8, 4) is 0 Å². The summed E-state index contributed by atoms with van der Waals surface area (Å²) in [5.74, 6) is 2.16. The van der Waals surface area contributed by atoms with E-state index in [2.05, 4.69) is 55.0 Å². The molecule has 2 heterocycles. The molecule has 0 bridgehead atoms. The third-order valence-electron chi connectivity index (χ3n) is 4.59. The largest absolute Gasteiger partial charge is 0.339 e. The molecule has 0 radical (unpaired) electrons. The molecule has 142 valence electrons. The standard InChI is InChI=1S/C18H33N5O2/c1-13(2)9-16-20-15(21-25-16)12-22(6)17(24)19-10-14-7-8-23(11-14)18(3,4)5/h13-14H,7-12H2,1-6H3,(H,19,24)/t14-/m1/s1. The van der Waals surface area contributed by atoms with Crippen molar-refractivity contribution in [2.24, 2.45) is 11.8 Å². The first-order valence-electron chi connectivity index (χ1n) is 9.20. The predicted octanol–water partition coefficient (Wildman–Crippen LogP) is 2.53. The van der Waals surface area contributed by atoms with Crippen molar-refractivity contribution in [2.45, 2.75) is 59.5 Å². The highest BCUT2D eigenvalue weighted by atomic mass is 16.5. The number of likely N-dealkylation sites (tertiary alicyclic amines) is 1. The van der Waals surface area contributed by atoms with E-state index in [4.69, 9.17) is 4.52 Å². The predicted molar refractivity (Wildman–Crippen MR) is 97.1 cm³/mol. The van der Waals surface area contributed by atoms with E-state index in [1.54, 1.807) is 11.9 Å². The molecule has 1 saturated heterocycles. The van der Waals surface area contributed by atoms with Crippen LogP contribution in [0.2, 0.25) is 0 Å². The number of amides is 2. The maximum atomic E-state index is 12.3. The number of hydrogen-bond acceptors (Lipinski definition) is 5. The highest BCUT2D eigenvalue weighted by Crippen LogP contribution is 2.23. The molecule has 1 aliphatic rings. The fraction of sp³-hybridized carbons (Fsp3) is 0.833. The molecule has 0 spiro atoms. The Morgan fingerprint density at radius 2 is 2.16 bits per heavy atom. The molecule has 1 aliphatic heterocycles. The fourth-order valence-electron chi connectivity index (χ4n) is 3.05. The zero-order chi connectivity index (χ0) is 18.6. The Bertz CT molecular complexity index is 564. The second-order valence-electron chi connectivity index (χ2n) is 8.52. The Hall–Kier alpha value is -1.63. The SMILES string of the molecule is CC(C)Cc1nc(CN(C)C(=O)NC[C@H]2CCN(C(C)(C)C)C2)no1. The van der Waals surface area contributed by atoms with Gasteiger partial charge in [-0.05, 0) is 45.6 Å². The summed E-state index contributed by atoms with van der Waals surface area (Å²) < 4.78 is 5.22. The average molecular weight is 351 g/mol. The minimum Gasteiger partial charge on any atom is -0.339 e. The van der Waals surface area contributed by atoms with E-state index in [0.29, 0.717) is 36.6 Å². The van der Waals surface area contributed by atoms with E-state index in [-0.39, 0.29) is 11.6 Å². The van der Waals surface area contributed by atoms with Crippen LogP contribution in [-0.2, 0) is 13.0 Å². The van der Waals surface area contributed by atoms with Crippen molar-refractivity contribution in [1.29, 1.82) is 0 Å². The van der Waals surface area contributed by atoms with E-state index in [0.717, 1.165) is 25.9 Å². The molecular weight excluding hydrogens is 318 g/mol. The Labute approximate surface area is 151 Å². The van der Waals surface area contributed by atoms with Gasteiger partial charge in [0, 0.05) is 32.1 Å². The van der Waals surface area contributed by atoms with Gasteiger partial charge in [-0.3, -0.25) is 4.90 Å². The van der Waals surface area contributed by atoms with Crippen LogP contribution in [0.1, 0.15) is 52.8 Å². The molecule has 2 rings (SSSR count). The molecule has 7 nitrogen and oxygen atoms in total. The van der Waals surface area contributed by atoms with Crippen LogP contribution in [0.25, 0.3) is 0 Å². The summed E-state index contributed by atoms with van der Waals surface area (Å²) in [5.41, 5.74) is 0.196. The van der Waals surface area contributed by atoms with E-state index in [9.17, 15) is 4.79 Å². The van der Waals surface area contributed by atoms with Crippen LogP contribution in [0, 0.1) is 11.8 Å². The number of carbonyl (C=O) groups excluding carboxylic acids is 1. The van der Waals surface area contributed by atoms with Gasteiger partial charge in [-0.1, -0.05) is 19.0 Å². The summed E-state index contributed by atoms with van der Waals surface area (Å²) in [6, 6.07) is -0.0931. The molecule has 1 aromatic heterocycles. The Kier molecular flexibility index (Phi) is 6.43. The van der Waals surface area contributed by atoms with Gasteiger partial charge in [0.05, 0.1) is 6.54 Å². The number of aromatic nitrogens is 2. The molecule has 0 aromatic carbocycles. The maximum Gasteiger partial charge on any atom is 0.317 e. The van der Waals surface area contributed by atoms with Gasteiger partial charge in [-0.15, -0.1) is 0 Å².